The third-order valence-corrected chi connectivity index (χ3v) is 8.55. The summed E-state index contributed by atoms with van der Waals surface area (Å²) in [4.78, 5) is 0. The van der Waals surface area contributed by atoms with E-state index in [1.807, 2.05) is 30.3 Å². The Balaban J connectivity index is 1.84. The Morgan fingerprint density at radius 2 is 1.48 bits per heavy atom. The summed E-state index contributed by atoms with van der Waals surface area (Å²) in [6, 6.07) is 21.1. The summed E-state index contributed by atoms with van der Waals surface area (Å²) in [5.41, 5.74) is 1.75. The molecule has 3 heteroatoms. The molecule has 0 bridgehead atoms. The van der Waals surface area contributed by atoms with Crippen LogP contribution in [0.4, 0.5) is 0 Å². The van der Waals surface area contributed by atoms with Crippen molar-refractivity contribution in [3.8, 4) is 0 Å². The third kappa shape index (κ3) is 4.50. The molecular formula is C22H30NOP. The maximum Gasteiger partial charge on any atom is 0.0945 e. The Morgan fingerprint density at radius 3 is 2.08 bits per heavy atom. The van der Waals surface area contributed by atoms with Crippen molar-refractivity contribution < 1.29 is 5.11 Å². The quantitative estimate of drug-likeness (QED) is 0.729. The second kappa shape index (κ2) is 8.94. The van der Waals surface area contributed by atoms with E-state index in [4.69, 9.17) is 0 Å². The van der Waals surface area contributed by atoms with Gasteiger partial charge in [-0.15, -0.1) is 0 Å². The molecule has 25 heavy (non-hydrogen) atoms. The summed E-state index contributed by atoms with van der Waals surface area (Å²) < 4.78 is 2.47. The van der Waals surface area contributed by atoms with Gasteiger partial charge in [0.25, 0.3) is 0 Å². The van der Waals surface area contributed by atoms with Crippen molar-refractivity contribution in [3.05, 3.63) is 66.2 Å². The topological polar surface area (TPSA) is 23.5 Å². The average molecular weight is 355 g/mol. The third-order valence-electron chi connectivity index (χ3n) is 5.47. The first-order valence-electron chi connectivity index (χ1n) is 9.48. The zero-order valence-electron chi connectivity index (χ0n) is 15.4. The van der Waals surface area contributed by atoms with E-state index in [1.165, 1.54) is 37.4 Å². The number of aliphatic hydroxyl groups is 1. The summed E-state index contributed by atoms with van der Waals surface area (Å²) in [5.74, 6) is 0. The summed E-state index contributed by atoms with van der Waals surface area (Å²) in [6.45, 7) is 2.17. The van der Waals surface area contributed by atoms with Crippen LogP contribution in [0.25, 0.3) is 0 Å². The van der Waals surface area contributed by atoms with Crippen LogP contribution in [0, 0.1) is 0 Å². The molecule has 0 saturated heterocycles. The minimum absolute atomic E-state index is 0.0932. The molecule has 134 valence electrons. The SMILES string of the molecule is C[C@H]([C@@H](O)c1ccccc1)N(C)P(c1ccccc1)C1CCCCC1. The number of benzene rings is 2. The standard InChI is InChI=1S/C22H30NOP/c1-18(22(24)19-12-6-3-7-13-19)23(2)25(20-14-8-4-9-15-20)21-16-10-5-11-17-21/h3-4,6-9,12-15,18,21-22,24H,5,10-11,16-17H2,1-2H3/t18-,22-,25?/m1/s1. The van der Waals surface area contributed by atoms with E-state index in [1.54, 1.807) is 0 Å². The van der Waals surface area contributed by atoms with Gasteiger partial charge in [0.2, 0.25) is 0 Å². The van der Waals surface area contributed by atoms with E-state index in [0.29, 0.717) is 0 Å². The Labute approximate surface area is 153 Å². The number of hydrogen-bond donors (Lipinski definition) is 1. The molecule has 1 N–H and O–H groups in total. The van der Waals surface area contributed by atoms with Crippen LogP contribution in [-0.2, 0) is 0 Å². The summed E-state index contributed by atoms with van der Waals surface area (Å²) in [7, 11) is 1.79. The molecule has 2 aromatic rings. The fraction of sp³-hybridized carbons (Fsp3) is 0.455. The van der Waals surface area contributed by atoms with Crippen LogP contribution in [-0.4, -0.2) is 28.5 Å². The molecule has 0 amide bonds. The Hall–Kier alpha value is -1.21. The van der Waals surface area contributed by atoms with Crippen LogP contribution in [0.5, 0.6) is 0 Å². The van der Waals surface area contributed by atoms with E-state index < -0.39 is 14.2 Å². The van der Waals surface area contributed by atoms with Gasteiger partial charge in [0.05, 0.1) is 6.10 Å². The zero-order chi connectivity index (χ0) is 17.6. The summed E-state index contributed by atoms with van der Waals surface area (Å²) >= 11 is 0. The molecule has 1 aliphatic carbocycles. The Morgan fingerprint density at radius 1 is 0.920 bits per heavy atom. The van der Waals surface area contributed by atoms with Crippen molar-refractivity contribution in [3.63, 3.8) is 0 Å². The smallest absolute Gasteiger partial charge is 0.0945 e. The van der Waals surface area contributed by atoms with Crippen molar-refractivity contribution in [2.75, 3.05) is 7.05 Å². The highest BCUT2D eigenvalue weighted by Crippen LogP contribution is 2.51. The molecule has 1 saturated carbocycles. The lowest BCUT2D eigenvalue weighted by Gasteiger charge is -2.41. The second-order valence-corrected chi connectivity index (χ2v) is 9.71. The molecule has 3 rings (SSSR count). The normalized spacial score (nSPS) is 19.5. The second-order valence-electron chi connectivity index (χ2n) is 7.14. The number of rotatable bonds is 6. The lowest BCUT2D eigenvalue weighted by molar-refractivity contribution is 0.110. The maximum atomic E-state index is 10.9. The van der Waals surface area contributed by atoms with Gasteiger partial charge in [0.1, 0.15) is 0 Å². The zero-order valence-corrected chi connectivity index (χ0v) is 16.3. The number of aliphatic hydroxyl groups excluding tert-OH is 1. The van der Waals surface area contributed by atoms with Gasteiger partial charge < -0.3 is 5.11 Å². The summed E-state index contributed by atoms with van der Waals surface area (Å²) in [5, 5.41) is 12.4. The van der Waals surface area contributed by atoms with Gasteiger partial charge in [0, 0.05) is 6.04 Å². The minimum atomic E-state index is -0.455. The fourth-order valence-electron chi connectivity index (χ4n) is 3.89. The lowest BCUT2D eigenvalue weighted by Crippen LogP contribution is -2.36. The highest BCUT2D eigenvalue weighted by Gasteiger charge is 2.33. The molecular weight excluding hydrogens is 325 g/mol. The highest BCUT2D eigenvalue weighted by molar-refractivity contribution is 7.64. The maximum absolute atomic E-state index is 10.9. The first kappa shape index (κ1) is 18.6. The number of nitrogens with zero attached hydrogens (tertiary/aromatic N) is 1. The average Bonchev–Trinajstić information content (AvgIpc) is 2.69. The molecule has 1 unspecified atom stereocenters. The number of hydrogen-bond acceptors (Lipinski definition) is 2. The first-order valence-corrected chi connectivity index (χ1v) is 10.8. The molecule has 0 heterocycles. The van der Waals surface area contributed by atoms with Gasteiger partial charge in [-0.2, -0.15) is 0 Å². The largest absolute Gasteiger partial charge is 0.387 e. The van der Waals surface area contributed by atoms with E-state index in [-0.39, 0.29) is 6.04 Å². The van der Waals surface area contributed by atoms with E-state index in [0.717, 1.165) is 11.2 Å². The van der Waals surface area contributed by atoms with Gasteiger partial charge >= 0.3 is 0 Å². The van der Waals surface area contributed by atoms with Crippen molar-refractivity contribution >= 4 is 13.4 Å². The van der Waals surface area contributed by atoms with Crippen molar-refractivity contribution in [2.24, 2.45) is 0 Å². The molecule has 1 aliphatic rings. The first-order chi connectivity index (χ1) is 12.2. The molecule has 3 atom stereocenters. The van der Waals surface area contributed by atoms with Crippen molar-refractivity contribution in [2.45, 2.75) is 56.8 Å². The molecule has 0 aliphatic heterocycles. The van der Waals surface area contributed by atoms with Gasteiger partial charge in [-0.1, -0.05) is 79.9 Å². The van der Waals surface area contributed by atoms with Gasteiger partial charge in [-0.25, -0.2) is 0 Å². The molecule has 2 nitrogen and oxygen atoms in total. The van der Waals surface area contributed by atoms with Crippen LogP contribution in [0.15, 0.2) is 60.7 Å². The van der Waals surface area contributed by atoms with Crippen LogP contribution >= 0.6 is 8.07 Å². The fourth-order valence-corrected chi connectivity index (χ4v) is 7.04. The molecule has 0 radical (unpaired) electrons. The van der Waals surface area contributed by atoms with Gasteiger partial charge in [-0.05, 0) is 51.4 Å². The van der Waals surface area contributed by atoms with E-state index in [9.17, 15) is 5.11 Å². The molecule has 0 spiro atoms. The number of likely N-dealkylation sites (N-methyl/N-ethyl adjacent to an activating group) is 1. The molecule has 0 aromatic heterocycles. The van der Waals surface area contributed by atoms with Crippen LogP contribution in [0.3, 0.4) is 0 Å². The molecule has 2 aromatic carbocycles. The Kier molecular flexibility index (Phi) is 6.64. The van der Waals surface area contributed by atoms with Crippen LogP contribution in [0.1, 0.15) is 50.7 Å². The summed E-state index contributed by atoms with van der Waals surface area (Å²) in [6.07, 6.45) is 6.25. The van der Waals surface area contributed by atoms with Crippen molar-refractivity contribution in [1.29, 1.82) is 0 Å². The minimum Gasteiger partial charge on any atom is -0.387 e. The van der Waals surface area contributed by atoms with E-state index in [2.05, 4.69) is 49.0 Å². The monoisotopic (exact) mass is 355 g/mol. The van der Waals surface area contributed by atoms with Gasteiger partial charge in [-0.3, -0.25) is 4.67 Å². The highest BCUT2D eigenvalue weighted by atomic mass is 31.1. The predicted octanol–water partition coefficient (Wildman–Crippen LogP) is 5.10. The van der Waals surface area contributed by atoms with Crippen LogP contribution < -0.4 is 5.30 Å². The van der Waals surface area contributed by atoms with Gasteiger partial charge in [0.15, 0.2) is 0 Å². The Bertz CT molecular complexity index is 627. The molecule has 1 fully saturated rings. The van der Waals surface area contributed by atoms with Crippen LogP contribution in [0.2, 0.25) is 0 Å². The van der Waals surface area contributed by atoms with E-state index >= 15 is 0 Å². The van der Waals surface area contributed by atoms with Crippen molar-refractivity contribution in [1.82, 2.24) is 4.67 Å². The lowest BCUT2D eigenvalue weighted by atomic mass is 10.0. The predicted molar refractivity (Wildman–Crippen MR) is 108 cm³/mol.